The van der Waals surface area contributed by atoms with Crippen molar-refractivity contribution < 1.29 is 19.2 Å². The Morgan fingerprint density at radius 2 is 0.600 bits per heavy atom. The van der Waals surface area contributed by atoms with Crippen molar-refractivity contribution in [1.82, 2.24) is 9.13 Å². The highest BCUT2D eigenvalue weighted by Gasteiger charge is 2.32. The fraction of sp³-hybridized carbons (Fsp3) is 0. The van der Waals surface area contributed by atoms with E-state index in [1.54, 1.807) is 0 Å². The molecule has 0 atom stereocenters. The SMILES string of the molecule is Nc1ccc2c(c1)C(=O)c1ccc(-n3c(=O)c4cc5c(=O)n(-c6ccc7c(c6)C(=O)c6ccc(N)cc6C7=O)c(=O)c5cc4c3=O)cc1C2=O. The summed E-state index contributed by atoms with van der Waals surface area (Å²) >= 11 is 0. The van der Waals surface area contributed by atoms with Crippen molar-refractivity contribution >= 4 is 56.1 Å². The molecule has 0 fully saturated rings. The molecule has 2 aliphatic rings. The van der Waals surface area contributed by atoms with E-state index in [4.69, 9.17) is 11.5 Å². The number of anilines is 2. The van der Waals surface area contributed by atoms with Crippen LogP contribution >= 0.6 is 0 Å². The van der Waals surface area contributed by atoms with Crippen LogP contribution in [0.4, 0.5) is 11.4 Å². The van der Waals surface area contributed by atoms with Crippen molar-refractivity contribution in [2.75, 3.05) is 11.5 Å². The molecule has 0 saturated heterocycles. The van der Waals surface area contributed by atoms with Gasteiger partial charge in [0.25, 0.3) is 22.2 Å². The first kappa shape index (κ1) is 28.8. The molecule has 5 aromatic carbocycles. The maximum atomic E-state index is 13.7. The Hall–Kier alpha value is -7.34. The van der Waals surface area contributed by atoms with Gasteiger partial charge in [-0.05, 0) is 84.9 Å². The topological polar surface area (TPSA) is 198 Å². The zero-order chi connectivity index (χ0) is 34.9. The monoisotopic (exact) mass is 658 g/mol. The number of hydrogen-bond donors (Lipinski definition) is 2. The summed E-state index contributed by atoms with van der Waals surface area (Å²) in [7, 11) is 0. The highest BCUT2D eigenvalue weighted by atomic mass is 16.2. The van der Waals surface area contributed by atoms with Crippen LogP contribution in [0.3, 0.4) is 0 Å². The van der Waals surface area contributed by atoms with Gasteiger partial charge in [0.2, 0.25) is 0 Å². The molecule has 238 valence electrons. The summed E-state index contributed by atoms with van der Waals surface area (Å²) < 4.78 is 1.64. The van der Waals surface area contributed by atoms with Gasteiger partial charge in [0.1, 0.15) is 0 Å². The van der Waals surface area contributed by atoms with Crippen LogP contribution in [0.2, 0.25) is 0 Å². The molecular weight excluding hydrogens is 640 g/mol. The average molecular weight is 659 g/mol. The van der Waals surface area contributed by atoms with Crippen LogP contribution in [0.25, 0.3) is 32.9 Å². The van der Waals surface area contributed by atoms with Crippen molar-refractivity contribution in [2.45, 2.75) is 0 Å². The van der Waals surface area contributed by atoms with Gasteiger partial charge in [0.15, 0.2) is 23.1 Å². The third-order valence-corrected chi connectivity index (χ3v) is 9.46. The lowest BCUT2D eigenvalue weighted by Gasteiger charge is -2.18. The van der Waals surface area contributed by atoms with Crippen LogP contribution in [0, 0.1) is 0 Å². The van der Waals surface area contributed by atoms with E-state index in [2.05, 4.69) is 0 Å². The highest BCUT2D eigenvalue weighted by molar-refractivity contribution is 6.29. The Kier molecular flexibility index (Phi) is 5.54. The summed E-state index contributed by atoms with van der Waals surface area (Å²) in [4.78, 5) is 108. The number of hydrogen-bond acceptors (Lipinski definition) is 10. The second kappa shape index (κ2) is 9.61. The molecule has 4 N–H and O–H groups in total. The molecule has 12 nitrogen and oxygen atoms in total. The summed E-state index contributed by atoms with van der Waals surface area (Å²) in [6.07, 6.45) is 0. The number of benzene rings is 5. The van der Waals surface area contributed by atoms with E-state index in [0.717, 1.165) is 9.13 Å². The molecule has 2 aliphatic carbocycles. The summed E-state index contributed by atoms with van der Waals surface area (Å²) in [6, 6.07) is 19.1. The van der Waals surface area contributed by atoms with E-state index in [1.165, 1.54) is 84.9 Å². The predicted octanol–water partition coefficient (Wildman–Crippen LogP) is 2.61. The number of rotatable bonds is 2. The predicted molar refractivity (Wildman–Crippen MR) is 183 cm³/mol. The Balaban J connectivity index is 1.17. The maximum absolute atomic E-state index is 13.7. The number of aromatic nitrogens is 2. The van der Waals surface area contributed by atoms with Gasteiger partial charge in [-0.15, -0.1) is 0 Å². The van der Waals surface area contributed by atoms with Gasteiger partial charge >= 0.3 is 0 Å². The fourth-order valence-electron chi connectivity index (χ4n) is 7.03. The first-order chi connectivity index (χ1) is 23.9. The number of nitrogens with two attached hydrogens (primary N) is 2. The number of carbonyl (C=O) groups is 4. The number of fused-ring (bicyclic) bond motifs is 6. The first-order valence-corrected chi connectivity index (χ1v) is 15.2. The van der Waals surface area contributed by atoms with Gasteiger partial charge in [-0.25, -0.2) is 9.13 Å². The summed E-state index contributed by atoms with van der Waals surface area (Å²) in [5.74, 6) is -1.83. The third kappa shape index (κ3) is 3.63. The van der Waals surface area contributed by atoms with E-state index in [0.29, 0.717) is 11.4 Å². The van der Waals surface area contributed by atoms with Crippen LogP contribution in [0.1, 0.15) is 63.7 Å². The van der Waals surface area contributed by atoms with E-state index < -0.39 is 45.4 Å². The molecule has 0 bridgehead atoms. The smallest absolute Gasteiger partial charge is 0.266 e. The van der Waals surface area contributed by atoms with E-state index in [1.807, 2.05) is 0 Å². The summed E-state index contributed by atoms with van der Waals surface area (Å²) in [5.41, 5.74) is 9.86. The lowest BCUT2D eigenvalue weighted by atomic mass is 9.83. The number of carbonyl (C=O) groups excluding carboxylic acids is 4. The van der Waals surface area contributed by atoms with Crippen molar-refractivity contribution in [3.63, 3.8) is 0 Å². The molecule has 0 unspecified atom stereocenters. The first-order valence-electron chi connectivity index (χ1n) is 15.2. The van der Waals surface area contributed by atoms with Crippen LogP contribution in [0.5, 0.6) is 0 Å². The Bertz CT molecular complexity index is 2780. The molecule has 0 amide bonds. The van der Waals surface area contributed by atoms with Crippen LogP contribution in [0.15, 0.2) is 104 Å². The molecule has 12 heteroatoms. The molecule has 50 heavy (non-hydrogen) atoms. The lowest BCUT2D eigenvalue weighted by Crippen LogP contribution is -2.26. The average Bonchev–Trinajstić information content (AvgIpc) is 3.51. The molecule has 0 radical (unpaired) electrons. The highest BCUT2D eigenvalue weighted by Crippen LogP contribution is 2.32. The molecule has 0 aliphatic heterocycles. The maximum Gasteiger partial charge on any atom is 0.266 e. The quantitative estimate of drug-likeness (QED) is 0.260. The van der Waals surface area contributed by atoms with E-state index >= 15 is 0 Å². The third-order valence-electron chi connectivity index (χ3n) is 9.46. The minimum absolute atomic E-state index is 0.00247. The lowest BCUT2D eigenvalue weighted by molar-refractivity contribution is 0.0979. The van der Waals surface area contributed by atoms with E-state index in [9.17, 15) is 38.4 Å². The van der Waals surface area contributed by atoms with Crippen LogP contribution in [-0.4, -0.2) is 32.3 Å². The Labute approximate surface area is 277 Å². The van der Waals surface area contributed by atoms with Crippen LogP contribution in [-0.2, 0) is 0 Å². The number of nitrogen functional groups attached to an aromatic ring is 2. The van der Waals surface area contributed by atoms with Gasteiger partial charge in [-0.3, -0.25) is 38.4 Å². The van der Waals surface area contributed by atoms with Gasteiger partial charge in [-0.1, -0.05) is 0 Å². The second-order valence-corrected chi connectivity index (χ2v) is 12.2. The van der Waals surface area contributed by atoms with Gasteiger partial charge in [-0.2, -0.15) is 0 Å². The van der Waals surface area contributed by atoms with Gasteiger partial charge < -0.3 is 11.5 Å². The largest absolute Gasteiger partial charge is 0.399 e. The van der Waals surface area contributed by atoms with Crippen molar-refractivity contribution in [3.05, 3.63) is 171 Å². The number of ketones is 4. The van der Waals surface area contributed by atoms with Crippen molar-refractivity contribution in [2.24, 2.45) is 0 Å². The molecule has 0 saturated carbocycles. The normalized spacial score (nSPS) is 13.4. The van der Waals surface area contributed by atoms with E-state index in [-0.39, 0.29) is 77.4 Å². The molecule has 2 aromatic heterocycles. The Morgan fingerprint density at radius 1 is 0.320 bits per heavy atom. The minimum atomic E-state index is -0.800. The fourth-order valence-corrected chi connectivity index (χ4v) is 7.03. The van der Waals surface area contributed by atoms with Crippen molar-refractivity contribution in [1.29, 1.82) is 0 Å². The summed E-state index contributed by atoms with van der Waals surface area (Å²) in [6.45, 7) is 0. The Morgan fingerprint density at radius 3 is 0.920 bits per heavy atom. The summed E-state index contributed by atoms with van der Waals surface area (Å²) in [5, 5.41) is -0.556. The molecule has 7 aromatic rings. The van der Waals surface area contributed by atoms with Crippen molar-refractivity contribution in [3.8, 4) is 11.4 Å². The molecule has 0 spiro atoms. The molecule has 9 rings (SSSR count). The van der Waals surface area contributed by atoms with Crippen LogP contribution < -0.4 is 33.7 Å². The standard InChI is InChI=1S/C38H18N4O8/c39-15-1-5-19-23(9-15)31(43)21-7-3-17(11-25(21)33(19)45)41-35(47)27-13-29-30(14-28(27)36(41)48)38(50)42(37(29)49)18-4-8-22-26(12-18)34(46)20-6-2-16(40)10-24(20)32(22)44/h1-14H,39-40H2. The zero-order valence-corrected chi connectivity index (χ0v) is 25.4. The molecule has 2 heterocycles. The molecular formula is C38H18N4O8. The zero-order valence-electron chi connectivity index (χ0n) is 25.4. The van der Waals surface area contributed by atoms with Gasteiger partial charge in [0.05, 0.1) is 32.9 Å². The minimum Gasteiger partial charge on any atom is -0.399 e. The second-order valence-electron chi connectivity index (χ2n) is 12.2. The number of nitrogens with zero attached hydrogens (tertiary/aromatic N) is 2. The van der Waals surface area contributed by atoms with Gasteiger partial charge in [0, 0.05) is 55.9 Å².